The van der Waals surface area contributed by atoms with Gasteiger partial charge in [0.05, 0.1) is 17.0 Å². The van der Waals surface area contributed by atoms with Crippen LogP contribution in [0.25, 0.3) is 0 Å². The fourth-order valence-corrected chi connectivity index (χ4v) is 1.38. The molecular weight excluding hydrogens is 205 g/mol. The van der Waals surface area contributed by atoms with E-state index in [1.165, 1.54) is 13.3 Å². The Kier molecular flexibility index (Phi) is 2.76. The molecule has 1 aromatic heterocycles. The molecule has 0 fully saturated rings. The second-order valence-corrected chi connectivity index (χ2v) is 4.43. The average Bonchev–Trinajstić information content (AvgIpc) is 1.99. The van der Waals surface area contributed by atoms with Crippen molar-refractivity contribution >= 4 is 0 Å². The Labute approximate surface area is 86.6 Å². The first-order chi connectivity index (χ1) is 6.64. The lowest BCUT2D eigenvalue weighted by Gasteiger charge is -2.23. The van der Waals surface area contributed by atoms with Gasteiger partial charge in [-0.15, -0.1) is 0 Å². The number of alkyl halides is 3. The minimum Gasteiger partial charge on any atom is -0.241 e. The maximum Gasteiger partial charge on any atom is 0.419 e. The summed E-state index contributed by atoms with van der Waals surface area (Å²) < 4.78 is 38.3. The van der Waals surface area contributed by atoms with Gasteiger partial charge in [0.15, 0.2) is 0 Å². The van der Waals surface area contributed by atoms with Crippen LogP contribution in [0.5, 0.6) is 0 Å². The van der Waals surface area contributed by atoms with Gasteiger partial charge in [0.1, 0.15) is 6.33 Å². The predicted octanol–water partition coefficient (Wildman–Crippen LogP) is 3.10. The summed E-state index contributed by atoms with van der Waals surface area (Å²) in [6.07, 6.45) is -3.22. The Morgan fingerprint density at radius 1 is 1.07 bits per heavy atom. The van der Waals surface area contributed by atoms with Gasteiger partial charge in [-0.25, -0.2) is 9.97 Å². The first-order valence-electron chi connectivity index (χ1n) is 4.53. The zero-order valence-electron chi connectivity index (χ0n) is 9.11. The summed E-state index contributed by atoms with van der Waals surface area (Å²) in [5.41, 5.74) is -1.33. The van der Waals surface area contributed by atoms with Crippen LogP contribution < -0.4 is 0 Å². The normalized spacial score (nSPS) is 13.0. The van der Waals surface area contributed by atoms with E-state index in [9.17, 15) is 13.2 Å². The van der Waals surface area contributed by atoms with E-state index in [2.05, 4.69) is 9.97 Å². The average molecular weight is 218 g/mol. The van der Waals surface area contributed by atoms with Crippen molar-refractivity contribution < 1.29 is 13.2 Å². The van der Waals surface area contributed by atoms with Crippen molar-refractivity contribution in [3.63, 3.8) is 0 Å². The monoisotopic (exact) mass is 218 g/mol. The van der Waals surface area contributed by atoms with E-state index in [-0.39, 0.29) is 11.4 Å². The van der Waals surface area contributed by atoms with Crippen LogP contribution in [0.3, 0.4) is 0 Å². The molecule has 0 atom stereocenters. The molecule has 0 amide bonds. The van der Waals surface area contributed by atoms with Crippen LogP contribution in [0, 0.1) is 6.92 Å². The van der Waals surface area contributed by atoms with Crippen molar-refractivity contribution in [2.75, 3.05) is 0 Å². The molecule has 5 heteroatoms. The molecule has 15 heavy (non-hydrogen) atoms. The predicted molar refractivity (Wildman–Crippen MR) is 50.5 cm³/mol. The van der Waals surface area contributed by atoms with Gasteiger partial charge in [0.2, 0.25) is 0 Å². The van der Waals surface area contributed by atoms with E-state index in [4.69, 9.17) is 0 Å². The number of nitrogens with zero attached hydrogens (tertiary/aromatic N) is 2. The van der Waals surface area contributed by atoms with Gasteiger partial charge in [-0.2, -0.15) is 13.2 Å². The van der Waals surface area contributed by atoms with E-state index < -0.39 is 17.2 Å². The molecule has 0 aliphatic heterocycles. The highest BCUT2D eigenvalue weighted by Crippen LogP contribution is 2.37. The summed E-state index contributed by atoms with van der Waals surface area (Å²) in [6.45, 7) is 6.44. The third-order valence-electron chi connectivity index (χ3n) is 2.03. The first-order valence-corrected chi connectivity index (χ1v) is 4.53. The molecule has 84 valence electrons. The largest absolute Gasteiger partial charge is 0.419 e. The molecule has 1 aromatic rings. The summed E-state index contributed by atoms with van der Waals surface area (Å²) in [7, 11) is 0. The standard InChI is InChI=1S/C10H13F3N2/c1-6-7(10(11,12)13)8(9(2,3)4)15-5-14-6/h5H,1-4H3. The molecule has 0 saturated carbocycles. The quantitative estimate of drug-likeness (QED) is 0.668. The van der Waals surface area contributed by atoms with Crippen molar-refractivity contribution in [2.45, 2.75) is 39.3 Å². The SMILES string of the molecule is Cc1ncnc(C(C)(C)C)c1C(F)(F)F. The highest BCUT2D eigenvalue weighted by molar-refractivity contribution is 5.31. The zero-order valence-corrected chi connectivity index (χ0v) is 9.11. The van der Waals surface area contributed by atoms with Crippen LogP contribution in [0.2, 0.25) is 0 Å². The van der Waals surface area contributed by atoms with Gasteiger partial charge in [0.25, 0.3) is 0 Å². The van der Waals surface area contributed by atoms with Gasteiger partial charge < -0.3 is 0 Å². The summed E-state index contributed by atoms with van der Waals surface area (Å²) in [6, 6.07) is 0. The summed E-state index contributed by atoms with van der Waals surface area (Å²) >= 11 is 0. The molecule has 0 saturated heterocycles. The lowest BCUT2D eigenvalue weighted by molar-refractivity contribution is -0.139. The van der Waals surface area contributed by atoms with Crippen molar-refractivity contribution in [3.05, 3.63) is 23.3 Å². The van der Waals surface area contributed by atoms with Gasteiger partial charge >= 0.3 is 6.18 Å². The van der Waals surface area contributed by atoms with Crippen LogP contribution in [-0.4, -0.2) is 9.97 Å². The minimum absolute atomic E-state index is 0.0255. The molecule has 0 N–H and O–H groups in total. The summed E-state index contributed by atoms with van der Waals surface area (Å²) in [4.78, 5) is 7.33. The Bertz CT molecular complexity index is 364. The number of aromatic nitrogens is 2. The second kappa shape index (κ2) is 3.47. The highest BCUT2D eigenvalue weighted by Gasteiger charge is 2.39. The molecule has 0 bridgehead atoms. The highest BCUT2D eigenvalue weighted by atomic mass is 19.4. The Morgan fingerprint density at radius 2 is 1.60 bits per heavy atom. The number of aryl methyl sites for hydroxylation is 1. The van der Waals surface area contributed by atoms with Crippen molar-refractivity contribution in [1.82, 2.24) is 9.97 Å². The maximum absolute atomic E-state index is 12.8. The number of hydrogen-bond acceptors (Lipinski definition) is 2. The van der Waals surface area contributed by atoms with Crippen LogP contribution in [0.1, 0.15) is 37.7 Å². The molecular formula is C10H13F3N2. The topological polar surface area (TPSA) is 25.8 Å². The molecule has 0 unspecified atom stereocenters. The van der Waals surface area contributed by atoms with Crippen molar-refractivity contribution in [3.8, 4) is 0 Å². The van der Waals surface area contributed by atoms with E-state index in [1.54, 1.807) is 20.8 Å². The third kappa shape index (κ3) is 2.46. The van der Waals surface area contributed by atoms with E-state index in [1.807, 2.05) is 0 Å². The Morgan fingerprint density at radius 3 is 1.93 bits per heavy atom. The van der Waals surface area contributed by atoms with Crippen LogP contribution in [0.15, 0.2) is 6.33 Å². The van der Waals surface area contributed by atoms with E-state index in [0.29, 0.717) is 0 Å². The van der Waals surface area contributed by atoms with Gasteiger partial charge in [0, 0.05) is 5.41 Å². The summed E-state index contributed by atoms with van der Waals surface area (Å²) in [5.74, 6) is 0. The fourth-order valence-electron chi connectivity index (χ4n) is 1.38. The summed E-state index contributed by atoms with van der Waals surface area (Å²) in [5, 5.41) is 0. The lowest BCUT2D eigenvalue weighted by Crippen LogP contribution is -2.23. The van der Waals surface area contributed by atoms with Crippen molar-refractivity contribution in [1.29, 1.82) is 0 Å². The van der Waals surface area contributed by atoms with Crippen LogP contribution in [-0.2, 0) is 11.6 Å². The maximum atomic E-state index is 12.8. The van der Waals surface area contributed by atoms with Gasteiger partial charge in [-0.3, -0.25) is 0 Å². The first kappa shape index (κ1) is 11.9. The minimum atomic E-state index is -4.39. The lowest BCUT2D eigenvalue weighted by atomic mass is 9.88. The van der Waals surface area contributed by atoms with E-state index in [0.717, 1.165) is 0 Å². The molecule has 0 spiro atoms. The van der Waals surface area contributed by atoms with Crippen molar-refractivity contribution in [2.24, 2.45) is 0 Å². The Hall–Kier alpha value is -1.13. The molecule has 0 aliphatic carbocycles. The Balaban J connectivity index is 3.48. The molecule has 2 nitrogen and oxygen atoms in total. The fraction of sp³-hybridized carbons (Fsp3) is 0.600. The third-order valence-corrected chi connectivity index (χ3v) is 2.03. The zero-order chi connectivity index (χ0) is 11.9. The van der Waals surface area contributed by atoms with Gasteiger partial charge in [-0.05, 0) is 6.92 Å². The smallest absolute Gasteiger partial charge is 0.241 e. The molecule has 0 radical (unpaired) electrons. The van der Waals surface area contributed by atoms with Crippen LogP contribution >= 0.6 is 0 Å². The molecule has 0 aliphatic rings. The number of halogens is 3. The number of hydrogen-bond donors (Lipinski definition) is 0. The number of rotatable bonds is 0. The van der Waals surface area contributed by atoms with Crippen LogP contribution in [0.4, 0.5) is 13.2 Å². The second-order valence-electron chi connectivity index (χ2n) is 4.43. The molecule has 0 aromatic carbocycles. The molecule has 1 rings (SSSR count). The van der Waals surface area contributed by atoms with E-state index >= 15 is 0 Å². The van der Waals surface area contributed by atoms with Gasteiger partial charge in [-0.1, -0.05) is 20.8 Å². The molecule has 1 heterocycles.